The molecule has 0 spiro atoms. The van der Waals surface area contributed by atoms with E-state index in [1.807, 2.05) is 54.6 Å². The minimum Gasteiger partial charge on any atom is -0.456 e. The van der Waals surface area contributed by atoms with Crippen molar-refractivity contribution in [1.29, 1.82) is 0 Å². The van der Waals surface area contributed by atoms with Crippen molar-refractivity contribution in [3.8, 4) is 45.5 Å². The minimum atomic E-state index is 0.582. The second-order valence-electron chi connectivity index (χ2n) is 14.4. The Hall–Kier alpha value is -7.83. The molecule has 12 rings (SSSR count). The molecule has 0 unspecified atom stereocenters. The lowest BCUT2D eigenvalue weighted by atomic mass is 10.1. The summed E-state index contributed by atoms with van der Waals surface area (Å²) >= 11 is 0. The highest BCUT2D eigenvalue weighted by molar-refractivity contribution is 6.17. The lowest BCUT2D eigenvalue weighted by molar-refractivity contribution is 0.669. The SMILES string of the molecule is c1ccc(-c2nc(-c3ccc4c(c3)oc3ccccc34)nc(-c3ccc4c5c(-n6c7ccccc7c7ccccc76)cccc5n(-c5ccccc5)c4c3)n2)cc1. The van der Waals surface area contributed by atoms with E-state index in [0.717, 1.165) is 66.4 Å². The minimum absolute atomic E-state index is 0.582. The fraction of sp³-hybridized carbons (Fsp3) is 0. The van der Waals surface area contributed by atoms with Gasteiger partial charge in [-0.3, -0.25) is 0 Å². The first-order chi connectivity index (χ1) is 28.3. The van der Waals surface area contributed by atoms with E-state index in [1.54, 1.807) is 0 Å². The quantitative estimate of drug-likeness (QED) is 0.177. The fourth-order valence-electron chi connectivity index (χ4n) is 8.63. The van der Waals surface area contributed by atoms with Crippen LogP contribution in [0.15, 0.2) is 192 Å². The van der Waals surface area contributed by atoms with Crippen molar-refractivity contribution in [2.45, 2.75) is 0 Å². The summed E-state index contributed by atoms with van der Waals surface area (Å²) in [6.45, 7) is 0. The van der Waals surface area contributed by atoms with Crippen LogP contribution in [0.3, 0.4) is 0 Å². The topological polar surface area (TPSA) is 61.7 Å². The van der Waals surface area contributed by atoms with Crippen LogP contribution < -0.4 is 0 Å². The highest BCUT2D eigenvalue weighted by Gasteiger charge is 2.21. The Morgan fingerprint density at radius 2 is 0.877 bits per heavy atom. The Balaban J connectivity index is 1.11. The van der Waals surface area contributed by atoms with Crippen molar-refractivity contribution < 1.29 is 4.42 Å². The van der Waals surface area contributed by atoms with Gasteiger partial charge >= 0.3 is 0 Å². The van der Waals surface area contributed by atoms with Gasteiger partial charge in [-0.15, -0.1) is 0 Å². The molecule has 0 atom stereocenters. The Morgan fingerprint density at radius 1 is 0.333 bits per heavy atom. The van der Waals surface area contributed by atoms with Gasteiger partial charge in [0.15, 0.2) is 17.5 Å². The van der Waals surface area contributed by atoms with Gasteiger partial charge in [-0.05, 0) is 60.7 Å². The molecule has 0 aliphatic carbocycles. The number of nitrogens with zero attached hydrogens (tertiary/aromatic N) is 5. The number of para-hydroxylation sites is 4. The number of benzene rings is 8. The molecule has 0 aliphatic rings. The van der Waals surface area contributed by atoms with Crippen LogP contribution in [-0.2, 0) is 0 Å². The molecule has 0 radical (unpaired) electrons. The van der Waals surface area contributed by atoms with Crippen LogP contribution in [0.5, 0.6) is 0 Å². The van der Waals surface area contributed by atoms with E-state index < -0.39 is 0 Å². The molecule has 4 heterocycles. The lowest BCUT2D eigenvalue weighted by Crippen LogP contribution is -2.00. The first kappa shape index (κ1) is 31.5. The predicted octanol–water partition coefficient (Wildman–Crippen LogP) is 13.0. The molecule has 266 valence electrons. The van der Waals surface area contributed by atoms with Gasteiger partial charge in [-0.25, -0.2) is 15.0 Å². The molecule has 0 saturated carbocycles. The molecular weight excluding hydrogens is 699 g/mol. The highest BCUT2D eigenvalue weighted by Crippen LogP contribution is 2.41. The number of furan rings is 1. The van der Waals surface area contributed by atoms with E-state index in [2.05, 4.69) is 143 Å². The molecular formula is C51H31N5O. The number of hydrogen-bond acceptors (Lipinski definition) is 4. The van der Waals surface area contributed by atoms with Crippen LogP contribution >= 0.6 is 0 Å². The first-order valence-electron chi connectivity index (χ1n) is 19.1. The lowest BCUT2D eigenvalue weighted by Gasteiger charge is -2.11. The van der Waals surface area contributed by atoms with Gasteiger partial charge in [0.25, 0.3) is 0 Å². The number of fused-ring (bicyclic) bond motifs is 9. The Labute approximate surface area is 326 Å². The third-order valence-corrected chi connectivity index (χ3v) is 11.2. The van der Waals surface area contributed by atoms with E-state index in [-0.39, 0.29) is 0 Å². The monoisotopic (exact) mass is 729 g/mol. The Bertz CT molecular complexity index is 3470. The van der Waals surface area contributed by atoms with Crippen LogP contribution in [0.4, 0.5) is 0 Å². The molecule has 6 nitrogen and oxygen atoms in total. The molecule has 0 fully saturated rings. The molecule has 57 heavy (non-hydrogen) atoms. The van der Waals surface area contributed by atoms with Crippen molar-refractivity contribution >= 4 is 65.6 Å². The van der Waals surface area contributed by atoms with Gasteiger partial charge in [0.1, 0.15) is 11.2 Å². The van der Waals surface area contributed by atoms with Crippen molar-refractivity contribution in [2.75, 3.05) is 0 Å². The third-order valence-electron chi connectivity index (χ3n) is 11.2. The van der Waals surface area contributed by atoms with Gasteiger partial charge in [0.2, 0.25) is 0 Å². The molecule has 6 heteroatoms. The Morgan fingerprint density at radius 3 is 1.60 bits per heavy atom. The van der Waals surface area contributed by atoms with Crippen LogP contribution in [-0.4, -0.2) is 24.1 Å². The van der Waals surface area contributed by atoms with E-state index in [4.69, 9.17) is 19.4 Å². The maximum absolute atomic E-state index is 6.28. The summed E-state index contributed by atoms with van der Waals surface area (Å²) < 4.78 is 11.1. The smallest absolute Gasteiger partial charge is 0.164 e. The van der Waals surface area contributed by atoms with Gasteiger partial charge in [0, 0.05) is 54.7 Å². The van der Waals surface area contributed by atoms with Gasteiger partial charge in [-0.2, -0.15) is 0 Å². The van der Waals surface area contributed by atoms with Crippen LogP contribution in [0.2, 0.25) is 0 Å². The number of rotatable bonds is 5. The predicted molar refractivity (Wildman–Crippen MR) is 232 cm³/mol. The maximum Gasteiger partial charge on any atom is 0.164 e. The van der Waals surface area contributed by atoms with Crippen molar-refractivity contribution in [2.24, 2.45) is 0 Å². The van der Waals surface area contributed by atoms with Gasteiger partial charge < -0.3 is 13.6 Å². The summed E-state index contributed by atoms with van der Waals surface area (Å²) in [7, 11) is 0. The zero-order chi connectivity index (χ0) is 37.5. The van der Waals surface area contributed by atoms with Gasteiger partial charge in [0.05, 0.1) is 27.8 Å². The highest BCUT2D eigenvalue weighted by atomic mass is 16.3. The molecule has 0 amide bonds. The normalized spacial score (nSPS) is 11.9. The molecule has 4 aromatic heterocycles. The van der Waals surface area contributed by atoms with Crippen molar-refractivity contribution in [3.63, 3.8) is 0 Å². The van der Waals surface area contributed by atoms with Crippen LogP contribution in [0.25, 0.3) is 111 Å². The zero-order valence-corrected chi connectivity index (χ0v) is 30.5. The third kappa shape index (κ3) is 4.87. The van der Waals surface area contributed by atoms with Crippen molar-refractivity contribution in [1.82, 2.24) is 24.1 Å². The molecule has 0 aliphatic heterocycles. The summed E-state index contributed by atoms with van der Waals surface area (Å²) in [5, 5.41) is 6.94. The summed E-state index contributed by atoms with van der Waals surface area (Å²) in [5.74, 6) is 1.79. The Kier molecular flexibility index (Phi) is 6.83. The van der Waals surface area contributed by atoms with Crippen molar-refractivity contribution in [3.05, 3.63) is 188 Å². The summed E-state index contributed by atoms with van der Waals surface area (Å²) in [6, 6.07) is 65.6. The number of hydrogen-bond donors (Lipinski definition) is 0. The molecule has 0 N–H and O–H groups in total. The van der Waals surface area contributed by atoms with E-state index >= 15 is 0 Å². The molecule has 0 bridgehead atoms. The molecule has 0 saturated heterocycles. The van der Waals surface area contributed by atoms with Crippen LogP contribution in [0, 0.1) is 0 Å². The largest absolute Gasteiger partial charge is 0.456 e. The zero-order valence-electron chi connectivity index (χ0n) is 30.5. The standard InChI is InChI=1S/C51H31N5O/c1-3-14-32(15-4-1)49-52-50(54-51(53-49)34-26-28-39-38-20-9-12-25-46(38)57-47(39)31-34)33-27-29-40-45(30-33)55(35-16-5-2-6-17-35)43-23-13-24-44(48(40)43)56-41-21-10-7-18-36(41)37-19-8-11-22-42(37)56/h1-31H. The van der Waals surface area contributed by atoms with Gasteiger partial charge in [-0.1, -0.05) is 127 Å². The number of aromatic nitrogens is 5. The van der Waals surface area contributed by atoms with E-state index in [1.165, 1.54) is 27.2 Å². The summed E-state index contributed by atoms with van der Waals surface area (Å²) in [5.41, 5.74) is 11.1. The molecule has 12 aromatic rings. The van der Waals surface area contributed by atoms with E-state index in [9.17, 15) is 0 Å². The van der Waals surface area contributed by atoms with E-state index in [0.29, 0.717) is 17.5 Å². The average molecular weight is 730 g/mol. The summed E-state index contributed by atoms with van der Waals surface area (Å²) in [4.78, 5) is 15.3. The second kappa shape index (κ2) is 12.3. The first-order valence-corrected chi connectivity index (χ1v) is 19.1. The summed E-state index contributed by atoms with van der Waals surface area (Å²) in [6.07, 6.45) is 0. The fourth-order valence-corrected chi connectivity index (χ4v) is 8.63. The van der Waals surface area contributed by atoms with Crippen LogP contribution in [0.1, 0.15) is 0 Å². The second-order valence-corrected chi connectivity index (χ2v) is 14.4. The molecule has 8 aromatic carbocycles. The maximum atomic E-state index is 6.28. The average Bonchev–Trinajstić information content (AvgIpc) is 3.94.